The summed E-state index contributed by atoms with van der Waals surface area (Å²) in [5, 5.41) is 15.8. The van der Waals surface area contributed by atoms with E-state index in [1.165, 1.54) is 4.68 Å². The van der Waals surface area contributed by atoms with Crippen LogP contribution in [0.2, 0.25) is 0 Å². The molecule has 0 bridgehead atoms. The number of hydrogen-bond donors (Lipinski definition) is 2. The Bertz CT molecular complexity index is 659. The van der Waals surface area contributed by atoms with E-state index in [-0.39, 0.29) is 13.2 Å². The number of rotatable bonds is 7. The van der Waals surface area contributed by atoms with Gasteiger partial charge in [0.1, 0.15) is 18.4 Å². The molecule has 1 amide bonds. The molecule has 3 N–H and O–H groups in total. The minimum atomic E-state index is -0.445. The molecule has 7 heteroatoms. The Morgan fingerprint density at radius 1 is 1.48 bits per heavy atom. The summed E-state index contributed by atoms with van der Waals surface area (Å²) >= 11 is 0. The Labute approximate surface area is 121 Å². The molecule has 0 saturated heterocycles. The van der Waals surface area contributed by atoms with Gasteiger partial charge in [-0.3, -0.25) is 9.48 Å². The summed E-state index contributed by atoms with van der Waals surface area (Å²) in [6.45, 7) is 0.570. The number of carbonyl (C=O) groups is 1. The number of nitriles is 1. The summed E-state index contributed by atoms with van der Waals surface area (Å²) in [5.74, 6) is 0.218. The van der Waals surface area contributed by atoms with Gasteiger partial charge in [-0.05, 0) is 6.07 Å². The van der Waals surface area contributed by atoms with Gasteiger partial charge < -0.3 is 15.8 Å². The molecule has 0 atom stereocenters. The summed E-state index contributed by atoms with van der Waals surface area (Å²) in [4.78, 5) is 10.8. The van der Waals surface area contributed by atoms with E-state index in [2.05, 4.69) is 10.4 Å². The highest BCUT2D eigenvalue weighted by atomic mass is 16.5. The quantitative estimate of drug-likeness (QED) is 0.785. The maximum Gasteiger partial charge on any atom is 0.239 e. The lowest BCUT2D eigenvalue weighted by Crippen LogP contribution is -2.18. The third-order valence-corrected chi connectivity index (χ3v) is 2.70. The number of para-hydroxylation sites is 1. The van der Waals surface area contributed by atoms with Crippen LogP contribution in [0.3, 0.4) is 0 Å². The van der Waals surface area contributed by atoms with Crippen molar-refractivity contribution in [3.8, 4) is 11.8 Å². The highest BCUT2D eigenvalue weighted by molar-refractivity contribution is 5.73. The molecule has 108 valence electrons. The standard InChI is InChI=1S/C14H15N5O2/c15-5-6-21-13-4-2-1-3-11(13)7-17-12-8-18-19(9-12)10-14(16)20/h1-4,8-9,17H,6-7,10H2,(H2,16,20). The van der Waals surface area contributed by atoms with E-state index in [1.54, 1.807) is 12.4 Å². The lowest BCUT2D eigenvalue weighted by atomic mass is 10.2. The molecule has 0 aliphatic rings. The van der Waals surface area contributed by atoms with Crippen LogP contribution in [0.1, 0.15) is 5.56 Å². The van der Waals surface area contributed by atoms with E-state index in [9.17, 15) is 4.79 Å². The molecule has 0 aliphatic carbocycles. The zero-order valence-electron chi connectivity index (χ0n) is 11.3. The Hall–Kier alpha value is -3.01. The average Bonchev–Trinajstić information content (AvgIpc) is 2.90. The molecule has 1 heterocycles. The van der Waals surface area contributed by atoms with E-state index in [4.69, 9.17) is 15.7 Å². The largest absolute Gasteiger partial charge is 0.478 e. The summed E-state index contributed by atoms with van der Waals surface area (Å²) in [6.07, 6.45) is 3.31. The Morgan fingerprint density at radius 3 is 3.05 bits per heavy atom. The van der Waals surface area contributed by atoms with E-state index in [0.29, 0.717) is 12.3 Å². The predicted molar refractivity (Wildman–Crippen MR) is 76.3 cm³/mol. The lowest BCUT2D eigenvalue weighted by molar-refractivity contribution is -0.118. The third-order valence-electron chi connectivity index (χ3n) is 2.70. The molecule has 2 rings (SSSR count). The van der Waals surface area contributed by atoms with Gasteiger partial charge in [0.25, 0.3) is 0 Å². The van der Waals surface area contributed by atoms with E-state index < -0.39 is 5.91 Å². The van der Waals surface area contributed by atoms with Gasteiger partial charge in [0.05, 0.1) is 11.9 Å². The first-order valence-electron chi connectivity index (χ1n) is 6.31. The van der Waals surface area contributed by atoms with Crippen molar-refractivity contribution in [3.05, 3.63) is 42.2 Å². The second-order valence-corrected chi connectivity index (χ2v) is 4.30. The SMILES string of the molecule is N#CCOc1ccccc1CNc1cnn(CC(N)=O)c1. The van der Waals surface area contributed by atoms with Crippen molar-refractivity contribution in [3.63, 3.8) is 0 Å². The molecule has 1 aromatic carbocycles. The van der Waals surface area contributed by atoms with E-state index in [0.717, 1.165) is 11.3 Å². The van der Waals surface area contributed by atoms with Gasteiger partial charge >= 0.3 is 0 Å². The van der Waals surface area contributed by atoms with Crippen LogP contribution < -0.4 is 15.8 Å². The zero-order chi connectivity index (χ0) is 15.1. The van der Waals surface area contributed by atoms with Gasteiger partial charge in [-0.25, -0.2) is 0 Å². The summed E-state index contributed by atoms with van der Waals surface area (Å²) < 4.78 is 6.81. The number of amides is 1. The van der Waals surface area contributed by atoms with Gasteiger partial charge in [0.15, 0.2) is 6.61 Å². The van der Waals surface area contributed by atoms with Crippen molar-refractivity contribution in [1.82, 2.24) is 9.78 Å². The van der Waals surface area contributed by atoms with Crippen molar-refractivity contribution < 1.29 is 9.53 Å². The number of benzene rings is 1. The topological polar surface area (TPSA) is 106 Å². The molecule has 0 fully saturated rings. The fourth-order valence-corrected chi connectivity index (χ4v) is 1.80. The third kappa shape index (κ3) is 4.24. The molecule has 0 aliphatic heterocycles. The molecule has 21 heavy (non-hydrogen) atoms. The fourth-order valence-electron chi connectivity index (χ4n) is 1.80. The number of aromatic nitrogens is 2. The van der Waals surface area contributed by atoms with Crippen LogP contribution in [-0.4, -0.2) is 22.3 Å². The molecule has 0 radical (unpaired) electrons. The lowest BCUT2D eigenvalue weighted by Gasteiger charge is -2.09. The Morgan fingerprint density at radius 2 is 2.29 bits per heavy atom. The van der Waals surface area contributed by atoms with Gasteiger partial charge in [-0.15, -0.1) is 0 Å². The van der Waals surface area contributed by atoms with Crippen molar-refractivity contribution in [1.29, 1.82) is 5.26 Å². The van der Waals surface area contributed by atoms with Crippen molar-refractivity contribution in [2.24, 2.45) is 5.73 Å². The summed E-state index contributed by atoms with van der Waals surface area (Å²) in [5.41, 5.74) is 6.80. The maximum absolute atomic E-state index is 10.8. The highest BCUT2D eigenvalue weighted by Gasteiger charge is 2.05. The molecule has 0 saturated carbocycles. The first-order chi connectivity index (χ1) is 10.2. The van der Waals surface area contributed by atoms with Crippen molar-refractivity contribution in [2.45, 2.75) is 13.1 Å². The normalized spacial score (nSPS) is 9.86. The summed E-state index contributed by atoms with van der Waals surface area (Å²) in [7, 11) is 0. The zero-order valence-corrected chi connectivity index (χ0v) is 11.3. The van der Waals surface area contributed by atoms with Gasteiger partial charge in [0, 0.05) is 18.3 Å². The van der Waals surface area contributed by atoms with Gasteiger partial charge in [-0.1, -0.05) is 18.2 Å². The van der Waals surface area contributed by atoms with Crippen molar-refractivity contribution in [2.75, 3.05) is 11.9 Å². The Balaban J connectivity index is 1.98. The number of nitrogens with two attached hydrogens (primary N) is 1. The number of hydrogen-bond acceptors (Lipinski definition) is 5. The van der Waals surface area contributed by atoms with Crippen molar-refractivity contribution >= 4 is 11.6 Å². The minimum absolute atomic E-state index is 0.00750. The van der Waals surface area contributed by atoms with Gasteiger partial charge in [0.2, 0.25) is 5.91 Å². The molecule has 2 aromatic rings. The van der Waals surface area contributed by atoms with Crippen LogP contribution >= 0.6 is 0 Å². The second-order valence-electron chi connectivity index (χ2n) is 4.30. The number of nitrogens with one attached hydrogen (secondary N) is 1. The smallest absolute Gasteiger partial charge is 0.239 e. The first-order valence-corrected chi connectivity index (χ1v) is 6.31. The van der Waals surface area contributed by atoms with Crippen LogP contribution in [0.5, 0.6) is 5.75 Å². The maximum atomic E-state index is 10.8. The summed E-state index contributed by atoms with van der Waals surface area (Å²) in [6, 6.07) is 9.40. The number of primary amides is 1. The van der Waals surface area contributed by atoms with Crippen LogP contribution in [-0.2, 0) is 17.9 Å². The van der Waals surface area contributed by atoms with Crippen LogP contribution in [0, 0.1) is 11.3 Å². The second kappa shape index (κ2) is 6.96. The molecule has 7 nitrogen and oxygen atoms in total. The molecular formula is C14H15N5O2. The minimum Gasteiger partial charge on any atom is -0.478 e. The monoisotopic (exact) mass is 285 g/mol. The average molecular weight is 285 g/mol. The molecular weight excluding hydrogens is 270 g/mol. The number of ether oxygens (including phenoxy) is 1. The first kappa shape index (κ1) is 14.4. The number of carbonyl (C=O) groups excluding carboxylic acids is 1. The Kier molecular flexibility index (Phi) is 4.77. The van der Waals surface area contributed by atoms with Gasteiger partial charge in [-0.2, -0.15) is 10.4 Å². The molecule has 1 aromatic heterocycles. The van der Waals surface area contributed by atoms with Crippen LogP contribution in [0.25, 0.3) is 0 Å². The van der Waals surface area contributed by atoms with E-state index in [1.807, 2.05) is 30.3 Å². The van der Waals surface area contributed by atoms with Crippen LogP contribution in [0.4, 0.5) is 5.69 Å². The van der Waals surface area contributed by atoms with E-state index >= 15 is 0 Å². The number of anilines is 1. The predicted octanol–water partition coefficient (Wildman–Crippen LogP) is 0.883. The van der Waals surface area contributed by atoms with Crippen LogP contribution in [0.15, 0.2) is 36.7 Å². The molecule has 0 unspecified atom stereocenters. The fraction of sp³-hybridized carbons (Fsp3) is 0.214. The highest BCUT2D eigenvalue weighted by Crippen LogP contribution is 2.19. The number of nitrogens with zero attached hydrogens (tertiary/aromatic N) is 3. The molecule has 0 spiro atoms.